The van der Waals surface area contributed by atoms with Gasteiger partial charge in [-0.3, -0.25) is 9.79 Å². The highest BCUT2D eigenvalue weighted by Gasteiger charge is 2.06. The summed E-state index contributed by atoms with van der Waals surface area (Å²) in [7, 11) is 5.64. The number of aldehydes is 1. The highest BCUT2D eigenvalue weighted by Crippen LogP contribution is 2.07. The van der Waals surface area contributed by atoms with Crippen molar-refractivity contribution in [2.45, 2.75) is 13.8 Å². The number of rotatable bonds is 3. The topological polar surface area (TPSA) is 34.4 Å². The molecule has 1 aromatic heterocycles. The molecule has 0 aliphatic rings. The average Bonchev–Trinajstić information content (AvgIpc) is 2.41. The van der Waals surface area contributed by atoms with Crippen molar-refractivity contribution < 1.29 is 4.79 Å². The molecule has 1 rings (SSSR count). The normalized spacial score (nSPS) is 11.4. The molecule has 0 unspecified atom stereocenters. The molecule has 0 N–H and O–H groups in total. The van der Waals surface area contributed by atoms with E-state index < -0.39 is 0 Å². The van der Waals surface area contributed by atoms with Gasteiger partial charge in [0.05, 0.1) is 11.4 Å². The van der Waals surface area contributed by atoms with Gasteiger partial charge in [-0.15, -0.1) is 0 Å². The maximum absolute atomic E-state index is 10.8. The highest BCUT2D eigenvalue weighted by molar-refractivity contribution is 6.35. The van der Waals surface area contributed by atoms with Crippen molar-refractivity contribution in [3.05, 3.63) is 23.2 Å². The maximum atomic E-state index is 10.8. The summed E-state index contributed by atoms with van der Waals surface area (Å²) in [4.78, 5) is 14.5. The molecule has 0 amide bonds. The molecule has 1 heterocycles. The van der Waals surface area contributed by atoms with Crippen LogP contribution in [0.5, 0.6) is 0 Å². The summed E-state index contributed by atoms with van der Waals surface area (Å²) in [6.07, 6.45) is 2.46. The zero-order valence-electron chi connectivity index (χ0n) is 8.32. The highest BCUT2D eigenvalue weighted by atomic mass is 16.1. The number of aliphatic imine (C=N–C) groups is 1. The minimum atomic E-state index is 0.450. The van der Waals surface area contributed by atoms with E-state index in [1.807, 2.05) is 6.92 Å². The summed E-state index contributed by atoms with van der Waals surface area (Å²) >= 11 is 0. The number of hydrogen-bond donors (Lipinski definition) is 0. The first kappa shape index (κ1) is 10.5. The molecule has 0 saturated carbocycles. The van der Waals surface area contributed by atoms with Gasteiger partial charge in [0.25, 0.3) is 0 Å². The fourth-order valence-corrected chi connectivity index (χ4v) is 1.22. The van der Waals surface area contributed by atoms with E-state index in [4.69, 9.17) is 7.85 Å². The SMILES string of the molecule is [B]c1cc(C)n(/C=C(/C)N=C)c1C=O. The molecule has 2 radical (unpaired) electrons. The maximum Gasteiger partial charge on any atom is 0.166 e. The van der Waals surface area contributed by atoms with E-state index in [1.165, 1.54) is 0 Å². The van der Waals surface area contributed by atoms with Crippen LogP contribution in [0.1, 0.15) is 23.1 Å². The summed E-state index contributed by atoms with van der Waals surface area (Å²) in [6.45, 7) is 7.07. The molecule has 0 aromatic carbocycles. The fourth-order valence-electron chi connectivity index (χ4n) is 1.22. The molecule has 70 valence electrons. The predicted octanol–water partition coefficient (Wildman–Crippen LogP) is 0.922. The third-order valence-electron chi connectivity index (χ3n) is 1.98. The van der Waals surface area contributed by atoms with Gasteiger partial charge in [-0.25, -0.2) is 0 Å². The fraction of sp³-hybridized carbons (Fsp3) is 0.200. The third-order valence-corrected chi connectivity index (χ3v) is 1.98. The van der Waals surface area contributed by atoms with E-state index in [1.54, 1.807) is 23.8 Å². The van der Waals surface area contributed by atoms with Gasteiger partial charge in [0.1, 0.15) is 7.85 Å². The van der Waals surface area contributed by atoms with Crippen LogP contribution in [-0.4, -0.2) is 25.4 Å². The lowest BCUT2D eigenvalue weighted by Crippen LogP contribution is -2.08. The quantitative estimate of drug-likeness (QED) is 0.392. The van der Waals surface area contributed by atoms with Crippen LogP contribution < -0.4 is 5.46 Å². The average molecular weight is 186 g/mol. The van der Waals surface area contributed by atoms with Crippen molar-refractivity contribution in [2.75, 3.05) is 0 Å². The number of carbonyl (C=O) groups is 1. The largest absolute Gasteiger partial charge is 0.317 e. The van der Waals surface area contributed by atoms with Crippen LogP contribution in [0.15, 0.2) is 16.8 Å². The van der Waals surface area contributed by atoms with Crippen molar-refractivity contribution in [3.63, 3.8) is 0 Å². The Labute approximate surface area is 84.6 Å². The Balaban J connectivity index is 3.32. The number of hydrogen-bond acceptors (Lipinski definition) is 2. The first-order valence-corrected chi connectivity index (χ1v) is 4.17. The Morgan fingerprint density at radius 3 is 2.86 bits per heavy atom. The molecule has 4 heteroatoms. The Kier molecular flexibility index (Phi) is 3.07. The van der Waals surface area contributed by atoms with E-state index in [0.717, 1.165) is 17.7 Å². The Bertz CT molecular complexity index is 404. The second-order valence-electron chi connectivity index (χ2n) is 3.04. The van der Waals surface area contributed by atoms with Crippen molar-refractivity contribution in [2.24, 2.45) is 4.99 Å². The van der Waals surface area contributed by atoms with Gasteiger partial charge in [0.2, 0.25) is 0 Å². The lowest BCUT2D eigenvalue weighted by atomic mass is 9.97. The van der Waals surface area contributed by atoms with Crippen molar-refractivity contribution in [1.82, 2.24) is 4.57 Å². The number of aryl methyl sites for hydroxylation is 1. The van der Waals surface area contributed by atoms with Crippen LogP contribution in [0, 0.1) is 6.92 Å². The number of allylic oxidation sites excluding steroid dienone is 1. The van der Waals surface area contributed by atoms with Crippen LogP contribution in [0.3, 0.4) is 0 Å². The van der Waals surface area contributed by atoms with Gasteiger partial charge in [-0.05, 0) is 26.6 Å². The second-order valence-corrected chi connectivity index (χ2v) is 3.04. The van der Waals surface area contributed by atoms with Crippen molar-refractivity contribution in [3.8, 4) is 0 Å². The summed E-state index contributed by atoms with van der Waals surface area (Å²) in [5, 5.41) is 0. The molecule has 3 nitrogen and oxygen atoms in total. The summed E-state index contributed by atoms with van der Waals surface area (Å²) in [5.74, 6) is 0. The summed E-state index contributed by atoms with van der Waals surface area (Å²) in [6, 6.07) is 1.75. The smallest absolute Gasteiger partial charge is 0.166 e. The number of carbonyl (C=O) groups excluding carboxylic acids is 1. The van der Waals surface area contributed by atoms with Gasteiger partial charge < -0.3 is 4.57 Å². The number of aromatic nitrogens is 1. The van der Waals surface area contributed by atoms with Crippen LogP contribution in [0.4, 0.5) is 0 Å². The first-order chi connectivity index (χ1) is 6.60. The summed E-state index contributed by atoms with van der Waals surface area (Å²) < 4.78 is 1.70. The zero-order chi connectivity index (χ0) is 10.7. The van der Waals surface area contributed by atoms with E-state index in [-0.39, 0.29) is 0 Å². The Hall–Kier alpha value is -1.58. The van der Waals surface area contributed by atoms with Crippen molar-refractivity contribution >= 4 is 32.5 Å². The molecule has 0 aliphatic carbocycles. The van der Waals surface area contributed by atoms with Crippen LogP contribution >= 0.6 is 0 Å². The molecule has 1 aromatic rings. The van der Waals surface area contributed by atoms with E-state index in [0.29, 0.717) is 11.2 Å². The first-order valence-electron chi connectivity index (χ1n) is 4.17. The monoisotopic (exact) mass is 186 g/mol. The molecular formula is C10H11BN2O. The van der Waals surface area contributed by atoms with Crippen LogP contribution in [0.25, 0.3) is 6.20 Å². The van der Waals surface area contributed by atoms with Crippen LogP contribution in [-0.2, 0) is 0 Å². The van der Waals surface area contributed by atoms with Gasteiger partial charge >= 0.3 is 0 Å². The lowest BCUT2D eigenvalue weighted by Gasteiger charge is -2.02. The van der Waals surface area contributed by atoms with E-state index in [2.05, 4.69) is 11.7 Å². The molecule has 0 spiro atoms. The Morgan fingerprint density at radius 2 is 2.36 bits per heavy atom. The molecule has 0 saturated heterocycles. The molecule has 0 fully saturated rings. The van der Waals surface area contributed by atoms with Crippen molar-refractivity contribution in [1.29, 1.82) is 0 Å². The molecule has 14 heavy (non-hydrogen) atoms. The molecule has 0 atom stereocenters. The lowest BCUT2D eigenvalue weighted by molar-refractivity contribution is 0.111. The minimum Gasteiger partial charge on any atom is -0.317 e. The van der Waals surface area contributed by atoms with Gasteiger partial charge in [-0.2, -0.15) is 0 Å². The standard InChI is InChI=1S/C10H11BN2O/c1-7(12-3)5-13-8(2)4-9(11)10(13)6-14/h4-6H,3H2,1-2H3/b7-5-. The molecule has 0 bridgehead atoms. The summed E-state index contributed by atoms with van der Waals surface area (Å²) in [5.41, 5.74) is 2.55. The van der Waals surface area contributed by atoms with E-state index >= 15 is 0 Å². The number of nitrogens with zero attached hydrogens (tertiary/aromatic N) is 2. The van der Waals surface area contributed by atoms with Gasteiger partial charge in [-0.1, -0.05) is 5.46 Å². The Morgan fingerprint density at radius 1 is 1.71 bits per heavy atom. The second kappa shape index (κ2) is 4.09. The predicted molar refractivity (Wildman–Crippen MR) is 59.4 cm³/mol. The molecule has 0 aliphatic heterocycles. The van der Waals surface area contributed by atoms with Gasteiger partial charge in [0.15, 0.2) is 6.29 Å². The zero-order valence-corrected chi connectivity index (χ0v) is 8.32. The molecular weight excluding hydrogens is 175 g/mol. The van der Waals surface area contributed by atoms with E-state index in [9.17, 15) is 4.79 Å². The van der Waals surface area contributed by atoms with Gasteiger partial charge in [0, 0.05) is 11.9 Å². The minimum absolute atomic E-state index is 0.450. The third kappa shape index (κ3) is 1.84. The van der Waals surface area contributed by atoms with Crippen LogP contribution in [0.2, 0.25) is 0 Å².